The van der Waals surface area contributed by atoms with Gasteiger partial charge in [-0.05, 0) is 37.6 Å². The van der Waals surface area contributed by atoms with E-state index in [1.54, 1.807) is 11.3 Å². The largest absolute Gasteiger partial charge is 0.353 e. The molecule has 7 heteroatoms. The van der Waals surface area contributed by atoms with Crippen molar-refractivity contribution in [2.24, 2.45) is 0 Å². The zero-order valence-electron chi connectivity index (χ0n) is 13.5. The highest BCUT2D eigenvalue weighted by atomic mass is 32.2. The SMILES string of the molecule is CC[C@@H](C)NC(=O)CSc1nnc(Cc2cccs2)n1C1CC1. The fourth-order valence-electron chi connectivity index (χ4n) is 2.34. The number of aromatic nitrogens is 3. The van der Waals surface area contributed by atoms with Crippen LogP contribution in [0, 0.1) is 0 Å². The van der Waals surface area contributed by atoms with Crippen LogP contribution in [0.4, 0.5) is 0 Å². The van der Waals surface area contributed by atoms with E-state index in [0.29, 0.717) is 11.8 Å². The number of carbonyl (C=O) groups is 1. The molecular weight excluding hydrogens is 328 g/mol. The Morgan fingerprint density at radius 3 is 3.00 bits per heavy atom. The standard InChI is InChI=1S/C16H22N4OS2/c1-3-11(2)17-15(21)10-23-16-19-18-14(20(16)12-6-7-12)9-13-5-4-8-22-13/h4-5,8,11-12H,3,6-7,9-10H2,1-2H3,(H,17,21)/t11-/m1/s1. The van der Waals surface area contributed by atoms with Crippen LogP contribution in [0.1, 0.15) is 49.9 Å². The number of hydrogen-bond acceptors (Lipinski definition) is 5. The first kappa shape index (κ1) is 16.5. The topological polar surface area (TPSA) is 59.8 Å². The summed E-state index contributed by atoms with van der Waals surface area (Å²) in [5.74, 6) is 1.48. The lowest BCUT2D eigenvalue weighted by atomic mass is 10.3. The molecule has 1 aliphatic carbocycles. The number of thioether (sulfide) groups is 1. The number of nitrogens with one attached hydrogen (secondary N) is 1. The molecule has 0 saturated heterocycles. The van der Waals surface area contributed by atoms with Gasteiger partial charge in [-0.1, -0.05) is 24.8 Å². The predicted molar refractivity (Wildman–Crippen MR) is 94.0 cm³/mol. The molecule has 0 aliphatic heterocycles. The van der Waals surface area contributed by atoms with Gasteiger partial charge in [0.15, 0.2) is 5.16 Å². The molecule has 0 spiro atoms. The summed E-state index contributed by atoms with van der Waals surface area (Å²) < 4.78 is 2.24. The molecular formula is C16H22N4OS2. The summed E-state index contributed by atoms with van der Waals surface area (Å²) in [4.78, 5) is 13.3. The van der Waals surface area contributed by atoms with Crippen molar-refractivity contribution in [2.45, 2.75) is 56.8 Å². The molecule has 1 aliphatic rings. The van der Waals surface area contributed by atoms with Gasteiger partial charge in [0, 0.05) is 23.4 Å². The molecule has 0 radical (unpaired) electrons. The summed E-state index contributed by atoms with van der Waals surface area (Å²) in [6, 6.07) is 4.93. The van der Waals surface area contributed by atoms with Crippen molar-refractivity contribution in [1.29, 1.82) is 0 Å². The van der Waals surface area contributed by atoms with Crippen LogP contribution in [-0.4, -0.2) is 32.5 Å². The zero-order valence-corrected chi connectivity index (χ0v) is 15.1. The van der Waals surface area contributed by atoms with Gasteiger partial charge in [-0.2, -0.15) is 0 Å². The summed E-state index contributed by atoms with van der Waals surface area (Å²) in [6.45, 7) is 4.09. The number of rotatable bonds is 8. The van der Waals surface area contributed by atoms with Gasteiger partial charge < -0.3 is 9.88 Å². The third-order valence-electron chi connectivity index (χ3n) is 3.91. The minimum absolute atomic E-state index is 0.0644. The average Bonchev–Trinajstić information content (AvgIpc) is 3.09. The maximum absolute atomic E-state index is 12.0. The van der Waals surface area contributed by atoms with Crippen LogP contribution >= 0.6 is 23.1 Å². The summed E-state index contributed by atoms with van der Waals surface area (Å²) in [5, 5.41) is 14.7. The third-order valence-corrected chi connectivity index (χ3v) is 5.73. The van der Waals surface area contributed by atoms with E-state index in [1.165, 1.54) is 29.5 Å². The maximum atomic E-state index is 12.0. The molecule has 3 rings (SSSR count). The van der Waals surface area contributed by atoms with Crippen LogP contribution in [0.5, 0.6) is 0 Å². The van der Waals surface area contributed by atoms with Crippen molar-refractivity contribution in [3.63, 3.8) is 0 Å². The van der Waals surface area contributed by atoms with E-state index < -0.39 is 0 Å². The van der Waals surface area contributed by atoms with Crippen molar-refractivity contribution in [3.8, 4) is 0 Å². The van der Waals surface area contributed by atoms with Gasteiger partial charge >= 0.3 is 0 Å². The molecule has 124 valence electrons. The van der Waals surface area contributed by atoms with Crippen molar-refractivity contribution in [2.75, 3.05) is 5.75 Å². The number of thiophene rings is 1. The minimum Gasteiger partial charge on any atom is -0.353 e. The molecule has 1 saturated carbocycles. The summed E-state index contributed by atoms with van der Waals surface area (Å²) in [6.07, 6.45) is 4.13. The Labute approximate surface area is 144 Å². The summed E-state index contributed by atoms with van der Waals surface area (Å²) in [5.41, 5.74) is 0. The van der Waals surface area contributed by atoms with Crippen molar-refractivity contribution in [3.05, 3.63) is 28.2 Å². The van der Waals surface area contributed by atoms with E-state index >= 15 is 0 Å². The van der Waals surface area contributed by atoms with Gasteiger partial charge in [0.1, 0.15) is 5.82 Å². The summed E-state index contributed by atoms with van der Waals surface area (Å²) in [7, 11) is 0. The molecule has 0 bridgehead atoms. The molecule has 23 heavy (non-hydrogen) atoms. The molecule has 5 nitrogen and oxygen atoms in total. The van der Waals surface area contributed by atoms with Crippen molar-refractivity contribution >= 4 is 29.0 Å². The Morgan fingerprint density at radius 1 is 1.52 bits per heavy atom. The lowest BCUT2D eigenvalue weighted by Crippen LogP contribution is -2.33. The third kappa shape index (κ3) is 4.35. The maximum Gasteiger partial charge on any atom is 0.230 e. The van der Waals surface area contributed by atoms with Gasteiger partial charge in [0.2, 0.25) is 5.91 Å². The molecule has 0 aromatic carbocycles. The van der Waals surface area contributed by atoms with E-state index in [2.05, 4.69) is 44.5 Å². The Balaban J connectivity index is 1.65. The first-order chi connectivity index (χ1) is 11.2. The number of hydrogen-bond donors (Lipinski definition) is 1. The average molecular weight is 351 g/mol. The Morgan fingerprint density at radius 2 is 2.35 bits per heavy atom. The van der Waals surface area contributed by atoms with Gasteiger partial charge in [-0.15, -0.1) is 21.5 Å². The van der Waals surface area contributed by atoms with Crippen LogP contribution in [0.25, 0.3) is 0 Å². The first-order valence-electron chi connectivity index (χ1n) is 8.05. The first-order valence-corrected chi connectivity index (χ1v) is 9.92. The van der Waals surface area contributed by atoms with E-state index in [9.17, 15) is 4.79 Å². The lowest BCUT2D eigenvalue weighted by molar-refractivity contribution is -0.119. The van der Waals surface area contributed by atoms with E-state index in [1.807, 2.05) is 6.92 Å². The van der Waals surface area contributed by atoms with E-state index in [4.69, 9.17) is 0 Å². The quantitative estimate of drug-likeness (QED) is 0.742. The van der Waals surface area contributed by atoms with Crippen LogP contribution in [0.2, 0.25) is 0 Å². The highest BCUT2D eigenvalue weighted by molar-refractivity contribution is 7.99. The molecule has 0 unspecified atom stereocenters. The fraction of sp³-hybridized carbons (Fsp3) is 0.562. The molecule has 1 N–H and O–H groups in total. The van der Waals surface area contributed by atoms with Crippen molar-refractivity contribution < 1.29 is 4.79 Å². The summed E-state index contributed by atoms with van der Waals surface area (Å²) >= 11 is 3.23. The smallest absolute Gasteiger partial charge is 0.230 e. The minimum atomic E-state index is 0.0644. The van der Waals surface area contributed by atoms with Gasteiger partial charge in [-0.25, -0.2) is 0 Å². The van der Waals surface area contributed by atoms with Crippen LogP contribution < -0.4 is 5.32 Å². The molecule has 2 aromatic heterocycles. The monoisotopic (exact) mass is 350 g/mol. The molecule has 2 heterocycles. The number of amides is 1. The number of nitrogens with zero attached hydrogens (tertiary/aromatic N) is 3. The molecule has 1 fully saturated rings. The lowest BCUT2D eigenvalue weighted by Gasteiger charge is -2.11. The number of carbonyl (C=O) groups excluding carboxylic acids is 1. The highest BCUT2D eigenvalue weighted by Crippen LogP contribution is 2.39. The Kier molecular flexibility index (Phi) is 5.38. The molecule has 1 atom stereocenters. The van der Waals surface area contributed by atoms with Crippen LogP contribution in [0.15, 0.2) is 22.7 Å². The second kappa shape index (κ2) is 7.49. The van der Waals surface area contributed by atoms with Crippen molar-refractivity contribution in [1.82, 2.24) is 20.1 Å². The predicted octanol–water partition coefficient (Wildman–Crippen LogP) is 3.27. The van der Waals surface area contributed by atoms with Crippen LogP contribution in [0.3, 0.4) is 0 Å². The molecule has 2 aromatic rings. The second-order valence-electron chi connectivity index (χ2n) is 5.92. The van der Waals surface area contributed by atoms with Gasteiger partial charge in [0.25, 0.3) is 0 Å². The van der Waals surface area contributed by atoms with Crippen LogP contribution in [-0.2, 0) is 11.2 Å². The van der Waals surface area contributed by atoms with E-state index in [0.717, 1.165) is 23.8 Å². The van der Waals surface area contributed by atoms with Gasteiger partial charge in [0.05, 0.1) is 5.75 Å². The zero-order chi connectivity index (χ0) is 16.2. The Hall–Kier alpha value is -1.34. The fourth-order valence-corrected chi connectivity index (χ4v) is 3.88. The highest BCUT2D eigenvalue weighted by Gasteiger charge is 2.29. The second-order valence-corrected chi connectivity index (χ2v) is 7.90. The molecule has 1 amide bonds. The van der Waals surface area contributed by atoms with Gasteiger partial charge in [-0.3, -0.25) is 4.79 Å². The Bertz CT molecular complexity index is 649. The van der Waals surface area contributed by atoms with E-state index in [-0.39, 0.29) is 11.9 Å². The normalized spacial score (nSPS) is 15.6.